The van der Waals surface area contributed by atoms with E-state index in [1.165, 1.54) is 0 Å². The summed E-state index contributed by atoms with van der Waals surface area (Å²) >= 11 is 8.93. The second-order valence-electron chi connectivity index (χ2n) is 3.62. The summed E-state index contributed by atoms with van der Waals surface area (Å²) in [5, 5.41) is 0. The van der Waals surface area contributed by atoms with Crippen molar-refractivity contribution in [3.05, 3.63) is 22.2 Å². The fourth-order valence-corrected chi connectivity index (χ4v) is 1.65. The molecule has 0 bridgehead atoms. The Bertz CT molecular complexity index is 252. The molecule has 0 aromatic heterocycles. The predicted molar refractivity (Wildman–Crippen MR) is 65.9 cm³/mol. The largest absolute Gasteiger partial charge is 0.295 e. The number of carbonyl (C=O) groups excluding carboxylic acids is 1. The number of ketones is 1. The van der Waals surface area contributed by atoms with Gasteiger partial charge in [0.1, 0.15) is 0 Å². The van der Waals surface area contributed by atoms with Gasteiger partial charge in [-0.1, -0.05) is 34.5 Å². The van der Waals surface area contributed by atoms with Gasteiger partial charge < -0.3 is 0 Å². The highest BCUT2D eigenvalue weighted by atomic mass is 79.9. The Morgan fingerprint density at radius 2 is 2.07 bits per heavy atom. The summed E-state index contributed by atoms with van der Waals surface area (Å²) in [7, 11) is 0. The quantitative estimate of drug-likeness (QED) is 0.548. The molecule has 0 aromatic rings. The van der Waals surface area contributed by atoms with Gasteiger partial charge in [-0.3, -0.25) is 4.79 Å². The van der Waals surface area contributed by atoms with Gasteiger partial charge in [0.05, 0.1) is 5.88 Å². The van der Waals surface area contributed by atoms with Crippen LogP contribution in [0, 0.1) is 5.92 Å². The van der Waals surface area contributed by atoms with Crippen molar-refractivity contribution < 1.29 is 4.79 Å². The molecule has 80 valence electrons. The molecule has 0 rings (SSSR count). The minimum atomic E-state index is 0.170. The topological polar surface area (TPSA) is 17.1 Å². The van der Waals surface area contributed by atoms with Crippen LogP contribution >= 0.6 is 27.5 Å². The zero-order valence-electron chi connectivity index (χ0n) is 8.81. The van der Waals surface area contributed by atoms with E-state index in [0.717, 1.165) is 10.1 Å². The van der Waals surface area contributed by atoms with Crippen LogP contribution in [0.4, 0.5) is 0 Å². The molecule has 0 amide bonds. The van der Waals surface area contributed by atoms with Crippen molar-refractivity contribution in [2.75, 3.05) is 5.88 Å². The van der Waals surface area contributed by atoms with Gasteiger partial charge >= 0.3 is 0 Å². The first-order valence-electron chi connectivity index (χ1n) is 4.55. The van der Waals surface area contributed by atoms with Gasteiger partial charge in [-0.2, -0.15) is 0 Å². The van der Waals surface area contributed by atoms with Crippen LogP contribution in [-0.2, 0) is 4.79 Å². The summed E-state index contributed by atoms with van der Waals surface area (Å²) < 4.78 is 0.941. The minimum Gasteiger partial charge on any atom is -0.295 e. The summed E-state index contributed by atoms with van der Waals surface area (Å²) in [6.45, 7) is 5.85. The molecule has 14 heavy (non-hydrogen) atoms. The van der Waals surface area contributed by atoms with E-state index < -0.39 is 0 Å². The zero-order valence-corrected chi connectivity index (χ0v) is 11.2. The van der Waals surface area contributed by atoms with Crippen molar-refractivity contribution in [3.8, 4) is 0 Å². The second-order valence-corrected chi connectivity index (χ2v) is 4.90. The number of rotatable bonds is 5. The van der Waals surface area contributed by atoms with E-state index in [9.17, 15) is 4.79 Å². The molecule has 0 aliphatic heterocycles. The summed E-state index contributed by atoms with van der Waals surface area (Å²) in [5.74, 6) is 0.858. The molecule has 0 saturated carbocycles. The average Bonchev–Trinajstić information content (AvgIpc) is 2.01. The van der Waals surface area contributed by atoms with Crippen molar-refractivity contribution in [1.82, 2.24) is 0 Å². The fourth-order valence-electron chi connectivity index (χ4n) is 1.11. The number of allylic oxidation sites excluding steroid dienone is 4. The fraction of sp³-hybridized carbons (Fsp3) is 0.545. The zero-order chi connectivity index (χ0) is 11.1. The number of halogens is 2. The molecule has 0 aliphatic rings. The van der Waals surface area contributed by atoms with Gasteiger partial charge in [-0.15, -0.1) is 11.6 Å². The van der Waals surface area contributed by atoms with E-state index in [2.05, 4.69) is 15.9 Å². The van der Waals surface area contributed by atoms with Crippen LogP contribution < -0.4 is 0 Å². The molecule has 0 aliphatic carbocycles. The number of alkyl halides is 1. The molecular formula is C11H16BrClO. The van der Waals surface area contributed by atoms with E-state index in [1.54, 1.807) is 6.08 Å². The first-order chi connectivity index (χ1) is 6.45. The average molecular weight is 280 g/mol. The normalized spacial score (nSPS) is 13.6. The van der Waals surface area contributed by atoms with Crippen molar-refractivity contribution in [2.45, 2.75) is 27.2 Å². The Kier molecular flexibility index (Phi) is 7.20. The maximum Gasteiger partial charge on any atom is 0.156 e. The molecule has 1 atom stereocenters. The van der Waals surface area contributed by atoms with Gasteiger partial charge in [-0.05, 0) is 25.8 Å². The van der Waals surface area contributed by atoms with E-state index >= 15 is 0 Å². The Labute approximate surface area is 99.3 Å². The maximum atomic E-state index is 11.4. The minimum absolute atomic E-state index is 0.170. The monoisotopic (exact) mass is 278 g/mol. The smallest absolute Gasteiger partial charge is 0.156 e. The third-order valence-electron chi connectivity index (χ3n) is 1.57. The maximum absolute atomic E-state index is 11.4. The van der Waals surface area contributed by atoms with Crippen LogP contribution in [-0.4, -0.2) is 11.7 Å². The van der Waals surface area contributed by atoms with Crippen LogP contribution in [0.25, 0.3) is 0 Å². The first kappa shape index (κ1) is 13.9. The third kappa shape index (κ3) is 7.34. The highest BCUT2D eigenvalue weighted by Crippen LogP contribution is 2.14. The first-order valence-corrected chi connectivity index (χ1v) is 5.88. The summed E-state index contributed by atoms with van der Waals surface area (Å²) in [5.41, 5.74) is 1.04. The van der Waals surface area contributed by atoms with Crippen molar-refractivity contribution in [3.63, 3.8) is 0 Å². The van der Waals surface area contributed by atoms with E-state index in [-0.39, 0.29) is 11.7 Å². The van der Waals surface area contributed by atoms with Crippen LogP contribution in [0.1, 0.15) is 27.2 Å². The highest BCUT2D eigenvalue weighted by Gasteiger charge is 2.05. The lowest BCUT2D eigenvalue weighted by Crippen LogP contribution is -2.01. The third-order valence-corrected chi connectivity index (χ3v) is 2.72. The second kappa shape index (κ2) is 7.24. The summed E-state index contributed by atoms with van der Waals surface area (Å²) in [4.78, 5) is 11.4. The molecule has 0 N–H and O–H groups in total. The number of hydrogen-bond donors (Lipinski definition) is 0. The Morgan fingerprint density at radius 1 is 1.50 bits per heavy atom. The Balaban J connectivity index is 4.14. The van der Waals surface area contributed by atoms with Gasteiger partial charge in [0, 0.05) is 10.9 Å². The predicted octanol–water partition coefficient (Wildman–Crippen LogP) is 4.07. The van der Waals surface area contributed by atoms with Crippen LogP contribution in [0.2, 0.25) is 0 Å². The van der Waals surface area contributed by atoms with Crippen molar-refractivity contribution in [2.24, 2.45) is 5.92 Å². The highest BCUT2D eigenvalue weighted by molar-refractivity contribution is 9.11. The Morgan fingerprint density at radius 3 is 2.50 bits per heavy atom. The van der Waals surface area contributed by atoms with Gasteiger partial charge in [0.15, 0.2) is 5.78 Å². The molecule has 0 spiro atoms. The van der Waals surface area contributed by atoms with Crippen LogP contribution in [0.15, 0.2) is 22.2 Å². The van der Waals surface area contributed by atoms with Crippen molar-refractivity contribution >= 4 is 33.3 Å². The lowest BCUT2D eigenvalue weighted by Gasteiger charge is -2.03. The van der Waals surface area contributed by atoms with Crippen LogP contribution in [0.5, 0.6) is 0 Å². The van der Waals surface area contributed by atoms with Gasteiger partial charge in [0.2, 0.25) is 0 Å². The van der Waals surface area contributed by atoms with E-state index in [0.29, 0.717) is 12.3 Å². The molecule has 0 heterocycles. The summed E-state index contributed by atoms with van der Waals surface area (Å²) in [6, 6.07) is 0. The Hall–Kier alpha value is -0.0800. The molecule has 0 saturated heterocycles. The number of carbonyl (C=O) groups is 1. The molecule has 1 unspecified atom stereocenters. The molecule has 0 fully saturated rings. The SMILES string of the molecule is CC(C)=CC(=O)CC(C)/C=C(\Br)CCl. The molecule has 1 nitrogen and oxygen atoms in total. The summed E-state index contributed by atoms with van der Waals surface area (Å²) in [6.07, 6.45) is 4.19. The van der Waals surface area contributed by atoms with E-state index in [4.69, 9.17) is 11.6 Å². The molecule has 3 heteroatoms. The van der Waals surface area contributed by atoms with Gasteiger partial charge in [-0.25, -0.2) is 0 Å². The van der Waals surface area contributed by atoms with E-state index in [1.807, 2.05) is 26.8 Å². The van der Waals surface area contributed by atoms with Crippen molar-refractivity contribution in [1.29, 1.82) is 0 Å². The standard InChI is InChI=1S/C11H16BrClO/c1-8(2)4-11(14)6-9(3)5-10(12)7-13/h4-5,9H,6-7H2,1-3H3/b10-5-. The molecule has 0 radical (unpaired) electrons. The van der Waals surface area contributed by atoms with Crippen LogP contribution in [0.3, 0.4) is 0 Å². The van der Waals surface area contributed by atoms with Gasteiger partial charge in [0.25, 0.3) is 0 Å². The lowest BCUT2D eigenvalue weighted by molar-refractivity contribution is -0.115. The number of hydrogen-bond acceptors (Lipinski definition) is 1. The molecular weight excluding hydrogens is 263 g/mol. The molecule has 0 aromatic carbocycles. The lowest BCUT2D eigenvalue weighted by atomic mass is 10.0.